The maximum Gasteiger partial charge on any atom is 0.166 e. The van der Waals surface area contributed by atoms with Gasteiger partial charge in [0.2, 0.25) is 0 Å². The van der Waals surface area contributed by atoms with Gasteiger partial charge in [0, 0.05) is 17.5 Å². The van der Waals surface area contributed by atoms with Crippen LogP contribution < -0.4 is 10.1 Å². The van der Waals surface area contributed by atoms with Gasteiger partial charge in [-0.3, -0.25) is 0 Å². The van der Waals surface area contributed by atoms with E-state index in [0.29, 0.717) is 22.6 Å². The van der Waals surface area contributed by atoms with Crippen LogP contribution in [0.2, 0.25) is 5.02 Å². The van der Waals surface area contributed by atoms with E-state index in [0.717, 1.165) is 25.9 Å². The molecule has 0 aliphatic carbocycles. The lowest BCUT2D eigenvalue weighted by Crippen LogP contribution is -2.30. The second-order valence-corrected chi connectivity index (χ2v) is 6.05. The molecule has 2 rings (SSSR count). The van der Waals surface area contributed by atoms with Crippen LogP contribution in [0.3, 0.4) is 0 Å². The van der Waals surface area contributed by atoms with Crippen molar-refractivity contribution in [3.05, 3.63) is 29.0 Å². The van der Waals surface area contributed by atoms with Gasteiger partial charge in [-0.2, -0.15) is 0 Å². The molecule has 1 fully saturated rings. The predicted molar refractivity (Wildman–Crippen MR) is 76.3 cm³/mol. The maximum absolute atomic E-state index is 13.8. The molecule has 2 nitrogen and oxygen atoms in total. The highest BCUT2D eigenvalue weighted by Gasteiger charge is 2.27. The monoisotopic (exact) mass is 285 g/mol. The molecule has 2 atom stereocenters. The summed E-state index contributed by atoms with van der Waals surface area (Å²) in [7, 11) is 0. The summed E-state index contributed by atoms with van der Waals surface area (Å²) in [6, 6.07) is 4.59. The fraction of sp³-hybridized carbons (Fsp3) is 0.600. The van der Waals surface area contributed by atoms with E-state index in [-0.39, 0.29) is 11.9 Å². The lowest BCUT2D eigenvalue weighted by molar-refractivity contribution is 0.114. The molecule has 1 aromatic carbocycles. The van der Waals surface area contributed by atoms with Gasteiger partial charge in [-0.25, -0.2) is 4.39 Å². The lowest BCUT2D eigenvalue weighted by Gasteiger charge is -2.26. The minimum absolute atomic E-state index is 0.0608. The molecule has 0 bridgehead atoms. The molecule has 19 heavy (non-hydrogen) atoms. The standard InChI is InChI=1S/C15H21ClFNO/c1-10(2)7-15(11-5-6-18-9-11)19-14-4-3-12(16)8-13(14)17/h3-4,8,10-11,15,18H,5-7,9H2,1-2H3/t11?,15-/m1/s1. The van der Waals surface area contributed by atoms with Crippen LogP contribution in [-0.4, -0.2) is 19.2 Å². The minimum atomic E-state index is -0.382. The van der Waals surface area contributed by atoms with Crippen LogP contribution in [0.5, 0.6) is 5.75 Å². The van der Waals surface area contributed by atoms with Crippen LogP contribution in [0.4, 0.5) is 4.39 Å². The van der Waals surface area contributed by atoms with Crippen LogP contribution in [0.1, 0.15) is 26.7 Å². The molecule has 4 heteroatoms. The fourth-order valence-electron chi connectivity index (χ4n) is 2.53. The number of ether oxygens (including phenoxy) is 1. The Balaban J connectivity index is 2.09. The average molecular weight is 286 g/mol. The molecule has 0 spiro atoms. The topological polar surface area (TPSA) is 21.3 Å². The van der Waals surface area contributed by atoms with Crippen LogP contribution in [-0.2, 0) is 0 Å². The first-order chi connectivity index (χ1) is 9.06. The fourth-order valence-corrected chi connectivity index (χ4v) is 2.69. The minimum Gasteiger partial charge on any atom is -0.487 e. The van der Waals surface area contributed by atoms with Crippen LogP contribution >= 0.6 is 11.6 Å². The zero-order chi connectivity index (χ0) is 13.8. The molecule has 0 aromatic heterocycles. The highest BCUT2D eigenvalue weighted by molar-refractivity contribution is 6.30. The smallest absolute Gasteiger partial charge is 0.166 e. The zero-order valence-corrected chi connectivity index (χ0v) is 12.2. The Labute approximate surface area is 119 Å². The first-order valence-electron chi connectivity index (χ1n) is 6.88. The van der Waals surface area contributed by atoms with Crippen molar-refractivity contribution in [1.82, 2.24) is 5.32 Å². The highest BCUT2D eigenvalue weighted by atomic mass is 35.5. The SMILES string of the molecule is CC(C)C[C@@H](Oc1ccc(Cl)cc1F)C1CCNC1. The molecule has 0 radical (unpaired) electrons. The van der Waals surface area contributed by atoms with Crippen LogP contribution in [0, 0.1) is 17.7 Å². The van der Waals surface area contributed by atoms with Crippen LogP contribution in [0.15, 0.2) is 18.2 Å². The molecular weight excluding hydrogens is 265 g/mol. The van der Waals surface area contributed by atoms with Crippen molar-refractivity contribution in [3.63, 3.8) is 0 Å². The summed E-state index contributed by atoms with van der Waals surface area (Å²) >= 11 is 5.76. The Hall–Kier alpha value is -0.800. The first kappa shape index (κ1) is 14.6. The third-order valence-electron chi connectivity index (χ3n) is 3.50. The van der Waals surface area contributed by atoms with Crippen molar-refractivity contribution >= 4 is 11.6 Å². The summed E-state index contributed by atoms with van der Waals surface area (Å²) in [5, 5.41) is 3.74. The van der Waals surface area contributed by atoms with Gasteiger partial charge in [-0.1, -0.05) is 25.4 Å². The molecule has 1 saturated heterocycles. The Bertz CT molecular complexity index is 419. The van der Waals surface area contributed by atoms with Gasteiger partial charge < -0.3 is 10.1 Å². The zero-order valence-electron chi connectivity index (χ0n) is 11.5. The molecule has 1 unspecified atom stereocenters. The number of benzene rings is 1. The molecular formula is C15H21ClFNO. The van der Waals surface area contributed by atoms with Gasteiger partial charge in [0.15, 0.2) is 11.6 Å². The van der Waals surface area contributed by atoms with Gasteiger partial charge in [-0.05, 0) is 43.5 Å². The molecule has 1 N–H and O–H groups in total. The van der Waals surface area contributed by atoms with E-state index in [1.807, 2.05) is 0 Å². The second-order valence-electron chi connectivity index (χ2n) is 5.61. The van der Waals surface area contributed by atoms with Crippen molar-refractivity contribution in [2.24, 2.45) is 11.8 Å². The largest absolute Gasteiger partial charge is 0.487 e. The van der Waals surface area contributed by atoms with Gasteiger partial charge >= 0.3 is 0 Å². The Morgan fingerprint density at radius 3 is 2.84 bits per heavy atom. The third kappa shape index (κ3) is 4.08. The molecule has 1 aliphatic heterocycles. The van der Waals surface area contributed by atoms with E-state index >= 15 is 0 Å². The van der Waals surface area contributed by atoms with Crippen molar-refractivity contribution in [1.29, 1.82) is 0 Å². The Morgan fingerprint density at radius 1 is 1.47 bits per heavy atom. The third-order valence-corrected chi connectivity index (χ3v) is 3.74. The lowest BCUT2D eigenvalue weighted by atomic mass is 9.93. The maximum atomic E-state index is 13.8. The van der Waals surface area contributed by atoms with E-state index in [1.54, 1.807) is 12.1 Å². The van der Waals surface area contributed by atoms with E-state index in [4.69, 9.17) is 16.3 Å². The quantitative estimate of drug-likeness (QED) is 0.886. The molecule has 1 aliphatic rings. The molecule has 106 valence electrons. The highest BCUT2D eigenvalue weighted by Crippen LogP contribution is 2.28. The molecule has 1 aromatic rings. The summed E-state index contributed by atoms with van der Waals surface area (Å²) in [5.74, 6) is 0.910. The summed E-state index contributed by atoms with van der Waals surface area (Å²) in [5.41, 5.74) is 0. The molecule has 0 saturated carbocycles. The Morgan fingerprint density at radius 2 is 2.26 bits per heavy atom. The second kappa shape index (κ2) is 6.58. The number of rotatable bonds is 5. The summed E-state index contributed by atoms with van der Waals surface area (Å²) in [6.07, 6.45) is 2.09. The van der Waals surface area contributed by atoms with E-state index in [2.05, 4.69) is 19.2 Å². The Kier molecular flexibility index (Phi) is 5.06. The predicted octanol–water partition coefficient (Wildman–Crippen LogP) is 3.88. The summed E-state index contributed by atoms with van der Waals surface area (Å²) in [6.45, 7) is 6.30. The van der Waals surface area contributed by atoms with Gasteiger partial charge in [0.25, 0.3) is 0 Å². The van der Waals surface area contributed by atoms with Crippen LogP contribution in [0.25, 0.3) is 0 Å². The molecule has 1 heterocycles. The van der Waals surface area contributed by atoms with Crippen molar-refractivity contribution < 1.29 is 9.13 Å². The number of hydrogen-bond acceptors (Lipinski definition) is 2. The van der Waals surface area contributed by atoms with Gasteiger partial charge in [-0.15, -0.1) is 0 Å². The summed E-state index contributed by atoms with van der Waals surface area (Å²) < 4.78 is 19.7. The van der Waals surface area contributed by atoms with Crippen molar-refractivity contribution in [2.75, 3.05) is 13.1 Å². The first-order valence-corrected chi connectivity index (χ1v) is 7.26. The molecule has 0 amide bonds. The van der Waals surface area contributed by atoms with Crippen molar-refractivity contribution in [2.45, 2.75) is 32.8 Å². The number of hydrogen-bond donors (Lipinski definition) is 1. The van der Waals surface area contributed by atoms with E-state index < -0.39 is 0 Å². The number of halogens is 2. The normalized spacial score (nSPS) is 20.8. The van der Waals surface area contributed by atoms with Gasteiger partial charge in [0.05, 0.1) is 0 Å². The van der Waals surface area contributed by atoms with Gasteiger partial charge in [0.1, 0.15) is 6.10 Å². The van der Waals surface area contributed by atoms with E-state index in [9.17, 15) is 4.39 Å². The van der Waals surface area contributed by atoms with Crippen molar-refractivity contribution in [3.8, 4) is 5.75 Å². The van der Waals surface area contributed by atoms with E-state index in [1.165, 1.54) is 6.07 Å². The number of nitrogens with one attached hydrogen (secondary N) is 1. The average Bonchev–Trinajstić information content (AvgIpc) is 2.84. The summed E-state index contributed by atoms with van der Waals surface area (Å²) in [4.78, 5) is 0.